The number of phosphoric ester groups is 1. The first-order valence-corrected chi connectivity index (χ1v) is 20.4. The molecule has 278 valence electrons. The van der Waals surface area contributed by atoms with E-state index in [2.05, 4.69) is 67.8 Å². The molecule has 3 unspecified atom stereocenters. The van der Waals surface area contributed by atoms with Crippen molar-refractivity contribution in [2.45, 2.75) is 161 Å². The molecule has 8 nitrogen and oxygen atoms in total. The predicted octanol–water partition coefficient (Wildman–Crippen LogP) is 9.94. The molecule has 0 aromatic heterocycles. The zero-order valence-corrected chi connectivity index (χ0v) is 31.3. The maximum atomic E-state index is 12.6. The number of rotatable bonds is 34. The van der Waals surface area contributed by atoms with E-state index in [0.717, 1.165) is 44.9 Å². The number of hydrogen-bond acceptors (Lipinski definition) is 6. The molecule has 0 rings (SSSR count). The van der Waals surface area contributed by atoms with Gasteiger partial charge < -0.3 is 21.1 Å². The lowest BCUT2D eigenvalue weighted by Gasteiger charge is -2.25. The number of carbonyl (C=O) groups excluding carboxylic acids is 1. The molecule has 0 bridgehead atoms. The zero-order valence-electron chi connectivity index (χ0n) is 30.5. The van der Waals surface area contributed by atoms with Gasteiger partial charge in [0.1, 0.15) is 0 Å². The summed E-state index contributed by atoms with van der Waals surface area (Å²) in [6.45, 7) is 3.99. The van der Waals surface area contributed by atoms with Crippen molar-refractivity contribution in [2.24, 2.45) is 5.73 Å². The molecule has 5 N–H and O–H groups in total. The van der Waals surface area contributed by atoms with Crippen molar-refractivity contribution in [3.8, 4) is 0 Å². The summed E-state index contributed by atoms with van der Waals surface area (Å²) in [5.41, 5.74) is 5.35. The van der Waals surface area contributed by atoms with Crippen molar-refractivity contribution < 1.29 is 28.4 Å². The molecular weight excluding hydrogens is 623 g/mol. The van der Waals surface area contributed by atoms with Gasteiger partial charge in [-0.2, -0.15) is 0 Å². The lowest BCUT2D eigenvalue weighted by molar-refractivity contribution is -0.122. The molecule has 48 heavy (non-hydrogen) atoms. The Labute approximate surface area is 294 Å². The average Bonchev–Trinajstić information content (AvgIpc) is 3.07. The fourth-order valence-electron chi connectivity index (χ4n) is 5.08. The number of amides is 1. The van der Waals surface area contributed by atoms with Crippen LogP contribution >= 0.6 is 7.82 Å². The summed E-state index contributed by atoms with van der Waals surface area (Å²) in [4.78, 5) is 22.6. The number of nitrogens with two attached hydrogens (primary N) is 1. The van der Waals surface area contributed by atoms with Crippen LogP contribution < -0.4 is 11.1 Å². The molecular formula is C39H71N2O6P. The summed E-state index contributed by atoms with van der Waals surface area (Å²) in [6, 6.07) is -0.829. The smallest absolute Gasteiger partial charge is 0.391 e. The van der Waals surface area contributed by atoms with Crippen LogP contribution in [-0.4, -0.2) is 47.8 Å². The number of hydrogen-bond donors (Lipinski definition) is 4. The molecule has 1 amide bonds. The molecule has 0 aromatic rings. The van der Waals surface area contributed by atoms with Crippen LogP contribution in [0, 0.1) is 0 Å². The molecule has 0 saturated carbocycles. The Morgan fingerprint density at radius 3 is 1.58 bits per heavy atom. The second kappa shape index (κ2) is 35.0. The first-order chi connectivity index (χ1) is 23.4. The first-order valence-electron chi connectivity index (χ1n) is 18.9. The lowest BCUT2D eigenvalue weighted by atomic mass is 10.0. The van der Waals surface area contributed by atoms with Crippen LogP contribution in [-0.2, 0) is 18.4 Å². The minimum absolute atomic E-state index is 0.0725. The van der Waals surface area contributed by atoms with E-state index in [0.29, 0.717) is 12.8 Å². The number of phosphoric acid groups is 1. The number of aliphatic hydroxyl groups is 1. The van der Waals surface area contributed by atoms with Crippen LogP contribution in [0.4, 0.5) is 0 Å². The molecule has 0 spiro atoms. The standard InChI is InChI=1S/C39H71N2O6P/c1-3-5-7-9-11-13-15-17-19-21-23-25-27-29-31-33-39(43)41-37(36-47-48(44,45)46-35-34-40)38(42)32-30-28-26-24-22-20-18-16-14-12-10-8-6-4-2/h5,7,11,13,17,19,23,25,29,31,37-38,42H,3-4,6,8-10,12,14-16,18,20-22,24,26-28,30,32-36,40H2,1-2H3,(H,41,43)(H,44,45)/b7-5-,13-11-,19-17-,25-23-,31-29-. The topological polar surface area (TPSA) is 131 Å². The van der Waals surface area contributed by atoms with Crippen LogP contribution in [0.2, 0.25) is 0 Å². The Balaban J connectivity index is 4.42. The number of aliphatic hydroxyl groups excluding tert-OH is 1. The van der Waals surface area contributed by atoms with Crippen LogP contribution in [0.3, 0.4) is 0 Å². The Bertz CT molecular complexity index is 933. The van der Waals surface area contributed by atoms with E-state index in [1.165, 1.54) is 70.6 Å². The van der Waals surface area contributed by atoms with Crippen molar-refractivity contribution in [1.82, 2.24) is 5.32 Å². The van der Waals surface area contributed by atoms with Gasteiger partial charge >= 0.3 is 7.82 Å². The molecule has 9 heteroatoms. The fraction of sp³-hybridized carbons (Fsp3) is 0.718. The van der Waals surface area contributed by atoms with Crippen molar-refractivity contribution >= 4 is 13.7 Å². The molecule has 0 aliphatic rings. The van der Waals surface area contributed by atoms with Gasteiger partial charge in [-0.15, -0.1) is 0 Å². The minimum Gasteiger partial charge on any atom is -0.391 e. The highest BCUT2D eigenvalue weighted by Gasteiger charge is 2.27. The molecule has 0 saturated heterocycles. The third kappa shape index (κ3) is 32.7. The number of carbonyl (C=O) groups is 1. The SMILES string of the molecule is CC/C=C\C/C=C\C/C=C\C/C=C\C/C=C\CC(=O)NC(COP(=O)(O)OCCN)C(O)CCCCCCCCCCCCCCCC. The van der Waals surface area contributed by atoms with Gasteiger partial charge in [0, 0.05) is 13.0 Å². The van der Waals surface area contributed by atoms with Crippen molar-refractivity contribution in [3.63, 3.8) is 0 Å². The van der Waals surface area contributed by atoms with Gasteiger partial charge in [0.25, 0.3) is 0 Å². The van der Waals surface area contributed by atoms with Gasteiger partial charge in [-0.1, -0.05) is 164 Å². The predicted molar refractivity (Wildman–Crippen MR) is 203 cm³/mol. The first kappa shape index (κ1) is 46.2. The van der Waals surface area contributed by atoms with Crippen LogP contribution in [0.1, 0.15) is 149 Å². The van der Waals surface area contributed by atoms with Crippen LogP contribution in [0.5, 0.6) is 0 Å². The summed E-state index contributed by atoms with van der Waals surface area (Å²) in [5, 5.41) is 13.6. The maximum Gasteiger partial charge on any atom is 0.472 e. The van der Waals surface area contributed by atoms with E-state index in [-0.39, 0.29) is 32.1 Å². The third-order valence-corrected chi connectivity index (χ3v) is 8.90. The van der Waals surface area contributed by atoms with E-state index in [1.54, 1.807) is 6.08 Å². The zero-order chi connectivity index (χ0) is 35.4. The molecule has 0 aliphatic heterocycles. The summed E-state index contributed by atoms with van der Waals surface area (Å²) in [5.74, 6) is -0.291. The summed E-state index contributed by atoms with van der Waals surface area (Å²) in [7, 11) is -4.34. The van der Waals surface area contributed by atoms with E-state index in [1.807, 2.05) is 6.08 Å². The summed E-state index contributed by atoms with van der Waals surface area (Å²) >= 11 is 0. The van der Waals surface area contributed by atoms with Crippen molar-refractivity contribution in [3.05, 3.63) is 60.8 Å². The number of allylic oxidation sites excluding steroid dienone is 9. The second-order valence-corrected chi connectivity index (χ2v) is 13.9. The van der Waals surface area contributed by atoms with Gasteiger partial charge in [-0.05, 0) is 38.5 Å². The molecule has 0 aliphatic carbocycles. The normalized spacial score (nSPS) is 15.0. The molecule has 0 aromatic carbocycles. The average molecular weight is 695 g/mol. The van der Waals surface area contributed by atoms with Crippen molar-refractivity contribution in [2.75, 3.05) is 19.8 Å². The van der Waals surface area contributed by atoms with Gasteiger partial charge in [-0.3, -0.25) is 13.8 Å². The second-order valence-electron chi connectivity index (χ2n) is 12.4. The Kier molecular flexibility index (Phi) is 33.7. The van der Waals surface area contributed by atoms with E-state index in [9.17, 15) is 19.4 Å². The number of nitrogens with one attached hydrogen (secondary N) is 1. The van der Waals surface area contributed by atoms with Gasteiger partial charge in [-0.25, -0.2) is 4.57 Å². The van der Waals surface area contributed by atoms with Gasteiger partial charge in [0.05, 0.1) is 25.4 Å². The number of unbranched alkanes of at least 4 members (excludes halogenated alkanes) is 13. The van der Waals surface area contributed by atoms with Crippen LogP contribution in [0.25, 0.3) is 0 Å². The van der Waals surface area contributed by atoms with Crippen LogP contribution in [0.15, 0.2) is 60.8 Å². The maximum absolute atomic E-state index is 12.6. The quantitative estimate of drug-likeness (QED) is 0.0300. The largest absolute Gasteiger partial charge is 0.472 e. The van der Waals surface area contributed by atoms with E-state index in [4.69, 9.17) is 14.8 Å². The van der Waals surface area contributed by atoms with Gasteiger partial charge in [0.15, 0.2) is 0 Å². The van der Waals surface area contributed by atoms with E-state index >= 15 is 0 Å². The Morgan fingerprint density at radius 1 is 0.688 bits per heavy atom. The highest BCUT2D eigenvalue weighted by molar-refractivity contribution is 7.47. The Morgan fingerprint density at radius 2 is 1.12 bits per heavy atom. The lowest BCUT2D eigenvalue weighted by Crippen LogP contribution is -2.46. The summed E-state index contributed by atoms with van der Waals surface area (Å²) < 4.78 is 22.0. The summed E-state index contributed by atoms with van der Waals surface area (Å²) in [6.07, 6.45) is 42.5. The van der Waals surface area contributed by atoms with Crippen molar-refractivity contribution in [1.29, 1.82) is 0 Å². The Hall–Kier alpha value is -1.80. The van der Waals surface area contributed by atoms with E-state index < -0.39 is 20.0 Å². The molecule has 0 fully saturated rings. The molecule has 0 heterocycles. The van der Waals surface area contributed by atoms with Gasteiger partial charge in [0.2, 0.25) is 5.91 Å². The molecule has 0 radical (unpaired) electrons. The minimum atomic E-state index is -4.34. The monoisotopic (exact) mass is 695 g/mol. The molecule has 3 atom stereocenters. The highest BCUT2D eigenvalue weighted by atomic mass is 31.2. The highest BCUT2D eigenvalue weighted by Crippen LogP contribution is 2.43. The fourth-order valence-corrected chi connectivity index (χ4v) is 5.84. The third-order valence-electron chi connectivity index (χ3n) is 7.91.